The van der Waals surface area contributed by atoms with Crippen molar-refractivity contribution >= 4 is 17.9 Å². The number of hydrogen-bond acceptors (Lipinski definition) is 4. The normalized spacial score (nSPS) is 28.1. The third kappa shape index (κ3) is 2.09. The number of carboxylic acid groups (broad SMARTS) is 1. The van der Waals surface area contributed by atoms with Gasteiger partial charge in [-0.3, -0.25) is 4.79 Å². The fourth-order valence-corrected chi connectivity index (χ4v) is 2.31. The summed E-state index contributed by atoms with van der Waals surface area (Å²) in [6.45, 7) is 2.37. The van der Waals surface area contributed by atoms with E-state index in [1.807, 2.05) is 0 Å². The number of aliphatic carboxylic acids is 1. The predicted molar refractivity (Wildman–Crippen MR) is 62.7 cm³/mol. The molecule has 1 saturated heterocycles. The first-order valence-electron chi connectivity index (χ1n) is 5.84. The van der Waals surface area contributed by atoms with E-state index in [1.165, 1.54) is 6.08 Å². The van der Waals surface area contributed by atoms with Crippen molar-refractivity contribution in [1.82, 2.24) is 9.96 Å². The number of carbonyl (C=O) groups excluding carboxylic acids is 2. The Balaban J connectivity index is 2.27. The number of urea groups is 1. The van der Waals surface area contributed by atoms with E-state index in [-0.39, 0.29) is 6.54 Å². The SMILES string of the molecule is CC1=C[C@@H]2CN(C(=O)N2OC(C)(F)C(=O)O)C1C(N)=O. The number of halogens is 1. The molecule has 2 bridgehead atoms. The number of carboxylic acids is 1. The molecular formula is C11H14FN3O5. The van der Waals surface area contributed by atoms with Gasteiger partial charge in [-0.15, -0.1) is 0 Å². The van der Waals surface area contributed by atoms with E-state index in [1.54, 1.807) is 6.92 Å². The van der Waals surface area contributed by atoms with Gasteiger partial charge in [-0.25, -0.2) is 14.4 Å². The first kappa shape index (κ1) is 14.3. The van der Waals surface area contributed by atoms with Crippen molar-refractivity contribution in [3.63, 3.8) is 0 Å². The second-order valence-corrected chi connectivity index (χ2v) is 4.86. The van der Waals surface area contributed by atoms with Crippen molar-refractivity contribution < 1.29 is 28.7 Å². The molecule has 0 aromatic heterocycles. The van der Waals surface area contributed by atoms with Gasteiger partial charge in [0.15, 0.2) is 0 Å². The van der Waals surface area contributed by atoms with E-state index in [2.05, 4.69) is 4.84 Å². The minimum atomic E-state index is -3.04. The van der Waals surface area contributed by atoms with Crippen molar-refractivity contribution in [2.75, 3.05) is 6.54 Å². The summed E-state index contributed by atoms with van der Waals surface area (Å²) in [4.78, 5) is 39.9. The first-order chi connectivity index (χ1) is 9.15. The van der Waals surface area contributed by atoms with E-state index < -0.39 is 35.8 Å². The smallest absolute Gasteiger partial charge is 0.371 e. The lowest BCUT2D eigenvalue weighted by Crippen LogP contribution is -2.48. The molecule has 2 heterocycles. The molecule has 3 N–H and O–H groups in total. The first-order valence-corrected chi connectivity index (χ1v) is 5.84. The Kier molecular flexibility index (Phi) is 3.17. The molecule has 9 heteroatoms. The Morgan fingerprint density at radius 3 is 2.70 bits per heavy atom. The van der Waals surface area contributed by atoms with Crippen LogP contribution in [0.25, 0.3) is 0 Å². The molecule has 0 aliphatic carbocycles. The molecule has 0 saturated carbocycles. The van der Waals surface area contributed by atoms with Crippen LogP contribution in [0.15, 0.2) is 11.6 Å². The molecule has 2 aliphatic rings. The highest BCUT2D eigenvalue weighted by atomic mass is 19.2. The van der Waals surface area contributed by atoms with Crippen LogP contribution in [0.4, 0.5) is 9.18 Å². The van der Waals surface area contributed by atoms with Crippen molar-refractivity contribution in [3.05, 3.63) is 11.6 Å². The van der Waals surface area contributed by atoms with Crippen LogP contribution in [0.1, 0.15) is 13.8 Å². The van der Waals surface area contributed by atoms with Gasteiger partial charge in [0.25, 0.3) is 0 Å². The number of nitrogens with two attached hydrogens (primary N) is 1. The lowest BCUT2D eigenvalue weighted by molar-refractivity contribution is -0.265. The maximum Gasteiger partial charge on any atom is 0.371 e. The molecule has 2 aliphatic heterocycles. The molecule has 0 spiro atoms. The van der Waals surface area contributed by atoms with Crippen molar-refractivity contribution in [2.45, 2.75) is 31.8 Å². The number of alkyl halides is 1. The van der Waals surface area contributed by atoms with Crippen LogP contribution in [-0.4, -0.2) is 57.5 Å². The summed E-state index contributed by atoms with van der Waals surface area (Å²) in [6.07, 6.45) is 1.54. The van der Waals surface area contributed by atoms with Gasteiger partial charge >= 0.3 is 17.9 Å². The Labute approximate surface area is 113 Å². The average Bonchev–Trinajstić information content (AvgIpc) is 2.54. The number of carbonyl (C=O) groups is 3. The standard InChI is InChI=1S/C11H14FN3O5/c1-5-3-6-4-14(7(5)8(13)16)10(19)15(6)20-11(2,12)9(17)18/h3,6-7H,4H2,1-2H3,(H2,13,16)(H,17,18)/t6-,7?,11?/m1/s1. The third-order valence-electron chi connectivity index (χ3n) is 3.24. The molecule has 0 radical (unpaired) electrons. The van der Waals surface area contributed by atoms with Crippen molar-refractivity contribution in [3.8, 4) is 0 Å². The zero-order valence-corrected chi connectivity index (χ0v) is 10.9. The molecule has 110 valence electrons. The molecule has 3 atom stereocenters. The highest BCUT2D eigenvalue weighted by Gasteiger charge is 2.50. The van der Waals surface area contributed by atoms with Crippen LogP contribution in [0, 0.1) is 0 Å². The Hall–Kier alpha value is -2.16. The number of nitrogens with zero attached hydrogens (tertiary/aromatic N) is 2. The van der Waals surface area contributed by atoms with Crippen LogP contribution in [0.2, 0.25) is 0 Å². The Bertz CT molecular complexity index is 518. The van der Waals surface area contributed by atoms with E-state index in [0.29, 0.717) is 17.6 Å². The number of amides is 3. The quantitative estimate of drug-likeness (QED) is 0.683. The van der Waals surface area contributed by atoms with Crippen LogP contribution in [0.5, 0.6) is 0 Å². The Morgan fingerprint density at radius 1 is 1.60 bits per heavy atom. The van der Waals surface area contributed by atoms with Gasteiger partial charge in [-0.05, 0) is 12.5 Å². The minimum absolute atomic E-state index is 0.0828. The van der Waals surface area contributed by atoms with Gasteiger partial charge in [0, 0.05) is 6.92 Å². The number of hydrogen-bond donors (Lipinski definition) is 2. The maximum atomic E-state index is 13.7. The summed E-state index contributed by atoms with van der Waals surface area (Å²) in [5.74, 6) is -5.61. The zero-order valence-electron chi connectivity index (χ0n) is 10.9. The van der Waals surface area contributed by atoms with Gasteiger partial charge in [0.05, 0.1) is 12.6 Å². The van der Waals surface area contributed by atoms with E-state index in [9.17, 15) is 18.8 Å². The van der Waals surface area contributed by atoms with Crippen LogP contribution < -0.4 is 5.73 Å². The molecule has 0 aromatic carbocycles. The number of primary amides is 1. The van der Waals surface area contributed by atoms with Crippen LogP contribution >= 0.6 is 0 Å². The summed E-state index contributed by atoms with van der Waals surface area (Å²) in [6, 6.07) is -2.38. The Morgan fingerprint density at radius 2 is 2.20 bits per heavy atom. The molecule has 2 rings (SSSR count). The lowest BCUT2D eigenvalue weighted by Gasteiger charge is -2.27. The number of hydroxylamine groups is 2. The lowest BCUT2D eigenvalue weighted by atomic mass is 10.0. The van der Waals surface area contributed by atoms with Gasteiger partial charge in [0.1, 0.15) is 6.04 Å². The summed E-state index contributed by atoms with van der Waals surface area (Å²) >= 11 is 0. The number of rotatable bonds is 4. The second-order valence-electron chi connectivity index (χ2n) is 4.86. The van der Waals surface area contributed by atoms with E-state index in [4.69, 9.17) is 10.8 Å². The average molecular weight is 287 g/mol. The largest absolute Gasteiger partial charge is 0.477 e. The molecule has 1 fully saturated rings. The van der Waals surface area contributed by atoms with Crippen LogP contribution in [-0.2, 0) is 14.4 Å². The third-order valence-corrected chi connectivity index (χ3v) is 3.24. The minimum Gasteiger partial charge on any atom is -0.477 e. The van der Waals surface area contributed by atoms with Gasteiger partial charge in [-0.2, -0.15) is 9.45 Å². The molecule has 3 amide bonds. The monoisotopic (exact) mass is 287 g/mol. The number of fused-ring (bicyclic) bond motifs is 2. The van der Waals surface area contributed by atoms with Gasteiger partial charge < -0.3 is 15.7 Å². The highest BCUT2D eigenvalue weighted by molar-refractivity contribution is 5.90. The molecule has 8 nitrogen and oxygen atoms in total. The zero-order chi connectivity index (χ0) is 15.2. The highest BCUT2D eigenvalue weighted by Crippen LogP contribution is 2.31. The summed E-state index contributed by atoms with van der Waals surface area (Å²) in [5.41, 5.74) is 5.76. The summed E-state index contributed by atoms with van der Waals surface area (Å²) in [5, 5.41) is 9.31. The van der Waals surface area contributed by atoms with Crippen molar-refractivity contribution in [2.24, 2.45) is 5.73 Å². The summed E-state index contributed by atoms with van der Waals surface area (Å²) in [7, 11) is 0. The topological polar surface area (TPSA) is 113 Å². The molecule has 0 aromatic rings. The van der Waals surface area contributed by atoms with Gasteiger partial charge in [-0.1, -0.05) is 6.08 Å². The summed E-state index contributed by atoms with van der Waals surface area (Å²) < 4.78 is 13.7. The van der Waals surface area contributed by atoms with E-state index >= 15 is 0 Å². The van der Waals surface area contributed by atoms with Crippen molar-refractivity contribution in [1.29, 1.82) is 0 Å². The fourth-order valence-electron chi connectivity index (χ4n) is 2.31. The van der Waals surface area contributed by atoms with Gasteiger partial charge in [0.2, 0.25) is 5.91 Å². The van der Waals surface area contributed by atoms with E-state index in [0.717, 1.165) is 4.90 Å². The molecule has 20 heavy (non-hydrogen) atoms. The van der Waals surface area contributed by atoms with Crippen LogP contribution in [0.3, 0.4) is 0 Å². The fraction of sp³-hybridized carbons (Fsp3) is 0.545. The maximum absolute atomic E-state index is 13.7. The molecule has 2 unspecified atom stereocenters. The predicted octanol–water partition coefficient (Wildman–Crippen LogP) is -0.392. The molecular weight excluding hydrogens is 273 g/mol. The second kappa shape index (κ2) is 4.44.